The van der Waals surface area contributed by atoms with Crippen molar-refractivity contribution in [3.8, 4) is 5.75 Å². The van der Waals surface area contributed by atoms with Crippen molar-refractivity contribution in [2.75, 3.05) is 0 Å². The van der Waals surface area contributed by atoms with Crippen LogP contribution in [0.3, 0.4) is 0 Å². The van der Waals surface area contributed by atoms with Gasteiger partial charge in [0.15, 0.2) is 0 Å². The van der Waals surface area contributed by atoms with Crippen molar-refractivity contribution in [3.63, 3.8) is 0 Å². The average Bonchev–Trinajstić information content (AvgIpc) is 2.33. The number of aromatic hydroxyl groups is 1. The number of phenols is 1. The molecule has 0 saturated heterocycles. The monoisotopic (exact) mass is 261 g/mol. The Kier molecular flexibility index (Phi) is 4.13. The number of benzene rings is 1. The van der Waals surface area contributed by atoms with Crippen LogP contribution >= 0.6 is 0 Å². The largest absolute Gasteiger partial charge is 0.508 e. The molecule has 0 heterocycles. The fraction of sp³-hybridized carbons (Fsp3) is 0.562. The number of aryl methyl sites for hydroxylation is 1. The van der Waals surface area contributed by atoms with Gasteiger partial charge in [-0.25, -0.2) is 0 Å². The van der Waals surface area contributed by atoms with Crippen molar-refractivity contribution in [3.05, 3.63) is 29.3 Å². The first-order valence-electron chi connectivity index (χ1n) is 7.08. The lowest BCUT2D eigenvalue weighted by atomic mass is 9.79. The highest BCUT2D eigenvalue weighted by molar-refractivity contribution is 5.95. The van der Waals surface area contributed by atoms with Crippen molar-refractivity contribution in [1.82, 2.24) is 5.32 Å². The summed E-state index contributed by atoms with van der Waals surface area (Å²) in [5, 5.41) is 12.5. The average molecular weight is 261 g/mol. The highest BCUT2D eigenvalue weighted by Crippen LogP contribution is 2.29. The number of phenolic OH excluding ortho intramolecular Hbond substituents is 1. The molecule has 1 fully saturated rings. The maximum atomic E-state index is 12.2. The number of hydrogen-bond acceptors (Lipinski definition) is 2. The Morgan fingerprint density at radius 1 is 1.26 bits per heavy atom. The van der Waals surface area contributed by atoms with E-state index >= 15 is 0 Å². The molecule has 19 heavy (non-hydrogen) atoms. The molecule has 1 aliphatic carbocycles. The standard InChI is InChI=1S/C16H23NO2/c1-10-4-5-13(8-11(10)2)17-16(19)15-7-6-14(18)9-12(15)3/h6-7,9-11,13,18H,4-5,8H2,1-3H3,(H,17,19). The van der Waals surface area contributed by atoms with Crippen LogP contribution < -0.4 is 5.32 Å². The topological polar surface area (TPSA) is 49.3 Å². The van der Waals surface area contributed by atoms with Crippen molar-refractivity contribution >= 4 is 5.91 Å². The van der Waals surface area contributed by atoms with Gasteiger partial charge in [-0.05, 0) is 61.8 Å². The second-order valence-electron chi connectivity index (χ2n) is 5.94. The van der Waals surface area contributed by atoms with Gasteiger partial charge in [0.2, 0.25) is 0 Å². The van der Waals surface area contributed by atoms with Crippen molar-refractivity contribution < 1.29 is 9.90 Å². The second kappa shape index (κ2) is 5.64. The Morgan fingerprint density at radius 2 is 2.00 bits per heavy atom. The molecule has 1 saturated carbocycles. The lowest BCUT2D eigenvalue weighted by Crippen LogP contribution is -2.40. The van der Waals surface area contributed by atoms with Crippen LogP contribution in [0.2, 0.25) is 0 Å². The first kappa shape index (κ1) is 13.9. The zero-order chi connectivity index (χ0) is 14.0. The summed E-state index contributed by atoms with van der Waals surface area (Å²) in [6, 6.07) is 5.16. The Morgan fingerprint density at radius 3 is 2.63 bits per heavy atom. The molecule has 1 amide bonds. The molecule has 3 atom stereocenters. The van der Waals surface area contributed by atoms with Gasteiger partial charge in [0.05, 0.1) is 0 Å². The van der Waals surface area contributed by atoms with E-state index in [1.165, 1.54) is 6.42 Å². The number of carbonyl (C=O) groups excluding carboxylic acids is 1. The Hall–Kier alpha value is -1.51. The van der Waals surface area contributed by atoms with Crippen LogP contribution in [0.5, 0.6) is 5.75 Å². The van der Waals surface area contributed by atoms with Crippen molar-refractivity contribution in [2.45, 2.75) is 46.1 Å². The normalized spacial score (nSPS) is 27.0. The Balaban J connectivity index is 2.01. The van der Waals surface area contributed by atoms with Crippen LogP contribution in [0.25, 0.3) is 0 Å². The fourth-order valence-electron chi connectivity index (χ4n) is 2.84. The third kappa shape index (κ3) is 3.28. The number of hydrogen-bond donors (Lipinski definition) is 2. The molecule has 2 rings (SSSR count). The van der Waals surface area contributed by atoms with Crippen LogP contribution in [-0.2, 0) is 0 Å². The zero-order valence-electron chi connectivity index (χ0n) is 11.9. The van der Waals surface area contributed by atoms with E-state index in [0.717, 1.165) is 24.3 Å². The third-order valence-corrected chi connectivity index (χ3v) is 4.39. The lowest BCUT2D eigenvalue weighted by Gasteiger charge is -2.32. The van der Waals surface area contributed by atoms with Gasteiger partial charge in [-0.1, -0.05) is 13.8 Å². The summed E-state index contributed by atoms with van der Waals surface area (Å²) in [7, 11) is 0. The van der Waals surface area contributed by atoms with Crippen LogP contribution in [-0.4, -0.2) is 17.1 Å². The summed E-state index contributed by atoms with van der Waals surface area (Å²) in [5.41, 5.74) is 1.47. The molecule has 0 radical (unpaired) electrons. The van der Waals surface area contributed by atoms with Crippen LogP contribution in [0.15, 0.2) is 18.2 Å². The number of amides is 1. The molecule has 3 nitrogen and oxygen atoms in total. The molecule has 3 unspecified atom stereocenters. The quantitative estimate of drug-likeness (QED) is 0.858. The van der Waals surface area contributed by atoms with Gasteiger partial charge in [-0.15, -0.1) is 0 Å². The predicted molar refractivity (Wildman–Crippen MR) is 76.3 cm³/mol. The molecule has 1 aliphatic rings. The summed E-state index contributed by atoms with van der Waals surface area (Å²) in [6.07, 6.45) is 3.30. The molecular weight excluding hydrogens is 238 g/mol. The van der Waals surface area contributed by atoms with Gasteiger partial charge >= 0.3 is 0 Å². The summed E-state index contributed by atoms with van der Waals surface area (Å²) in [6.45, 7) is 6.39. The van der Waals surface area contributed by atoms with E-state index in [1.807, 2.05) is 6.92 Å². The molecule has 0 spiro atoms. The van der Waals surface area contributed by atoms with Gasteiger partial charge in [0, 0.05) is 11.6 Å². The summed E-state index contributed by atoms with van der Waals surface area (Å²) < 4.78 is 0. The van der Waals surface area contributed by atoms with Gasteiger partial charge in [0.25, 0.3) is 5.91 Å². The highest BCUT2D eigenvalue weighted by atomic mass is 16.3. The smallest absolute Gasteiger partial charge is 0.251 e. The molecule has 3 heteroatoms. The van der Waals surface area contributed by atoms with E-state index < -0.39 is 0 Å². The summed E-state index contributed by atoms with van der Waals surface area (Å²) in [4.78, 5) is 12.2. The van der Waals surface area contributed by atoms with Gasteiger partial charge in [0.1, 0.15) is 5.75 Å². The molecular formula is C16H23NO2. The van der Waals surface area contributed by atoms with Crippen molar-refractivity contribution in [1.29, 1.82) is 0 Å². The minimum Gasteiger partial charge on any atom is -0.508 e. The molecule has 2 N–H and O–H groups in total. The fourth-order valence-corrected chi connectivity index (χ4v) is 2.84. The maximum absolute atomic E-state index is 12.2. The second-order valence-corrected chi connectivity index (χ2v) is 5.94. The van der Waals surface area contributed by atoms with Gasteiger partial charge in [-0.2, -0.15) is 0 Å². The van der Waals surface area contributed by atoms with E-state index in [1.54, 1.807) is 18.2 Å². The summed E-state index contributed by atoms with van der Waals surface area (Å²) in [5.74, 6) is 1.60. The molecule has 1 aromatic carbocycles. The first-order valence-corrected chi connectivity index (χ1v) is 7.08. The number of carbonyl (C=O) groups is 1. The van der Waals surface area contributed by atoms with E-state index in [4.69, 9.17) is 0 Å². The maximum Gasteiger partial charge on any atom is 0.251 e. The molecule has 0 bridgehead atoms. The molecule has 1 aromatic rings. The minimum atomic E-state index is -0.0238. The minimum absolute atomic E-state index is 0.0238. The molecule has 0 aromatic heterocycles. The Labute approximate surface area is 115 Å². The van der Waals surface area contributed by atoms with E-state index in [2.05, 4.69) is 19.2 Å². The first-order chi connectivity index (χ1) is 8.97. The predicted octanol–water partition coefficient (Wildman–Crippen LogP) is 3.26. The third-order valence-electron chi connectivity index (χ3n) is 4.39. The molecule has 104 valence electrons. The van der Waals surface area contributed by atoms with Gasteiger partial charge in [-0.3, -0.25) is 4.79 Å². The number of nitrogens with one attached hydrogen (secondary N) is 1. The van der Waals surface area contributed by atoms with Crippen molar-refractivity contribution in [2.24, 2.45) is 11.8 Å². The zero-order valence-corrected chi connectivity index (χ0v) is 11.9. The molecule has 0 aliphatic heterocycles. The number of rotatable bonds is 2. The summed E-state index contributed by atoms with van der Waals surface area (Å²) >= 11 is 0. The van der Waals surface area contributed by atoms with Crippen LogP contribution in [0, 0.1) is 18.8 Å². The van der Waals surface area contributed by atoms with E-state index in [0.29, 0.717) is 11.5 Å². The Bertz CT molecular complexity index is 470. The van der Waals surface area contributed by atoms with Gasteiger partial charge < -0.3 is 10.4 Å². The van der Waals surface area contributed by atoms with Crippen LogP contribution in [0.1, 0.15) is 49.0 Å². The van der Waals surface area contributed by atoms with Crippen LogP contribution in [0.4, 0.5) is 0 Å². The van der Waals surface area contributed by atoms with E-state index in [9.17, 15) is 9.90 Å². The SMILES string of the molecule is Cc1cc(O)ccc1C(=O)NC1CCC(C)C(C)C1. The van der Waals surface area contributed by atoms with E-state index in [-0.39, 0.29) is 17.7 Å². The highest BCUT2D eigenvalue weighted by Gasteiger charge is 2.26. The lowest BCUT2D eigenvalue weighted by molar-refractivity contribution is 0.0910.